The first-order valence-corrected chi connectivity index (χ1v) is 9.05. The molecule has 1 heterocycles. The third kappa shape index (κ3) is 3.65. The fraction of sp³-hybridized carbons (Fsp3) is 0.444. The molecule has 24 heavy (non-hydrogen) atoms. The van der Waals surface area contributed by atoms with E-state index < -0.39 is 0 Å². The molecule has 0 bridgehead atoms. The summed E-state index contributed by atoms with van der Waals surface area (Å²) in [6.07, 6.45) is 2.55. The number of hydrogen-bond donors (Lipinski definition) is 2. The van der Waals surface area contributed by atoms with E-state index in [1.54, 1.807) is 12.1 Å². The molecule has 128 valence electrons. The molecule has 1 fully saturated rings. The molecular weight excluding hydrogens is 325 g/mol. The third-order valence-corrected chi connectivity index (χ3v) is 5.91. The summed E-state index contributed by atoms with van der Waals surface area (Å²) in [5.74, 6) is -0.165. The lowest BCUT2D eigenvalue weighted by Crippen LogP contribution is -2.32. The van der Waals surface area contributed by atoms with Crippen molar-refractivity contribution in [3.63, 3.8) is 0 Å². The van der Waals surface area contributed by atoms with Crippen molar-refractivity contribution in [2.45, 2.75) is 45.2 Å². The van der Waals surface area contributed by atoms with Crippen molar-refractivity contribution in [1.29, 1.82) is 0 Å². The Morgan fingerprint density at radius 3 is 2.71 bits per heavy atom. The van der Waals surface area contributed by atoms with E-state index in [9.17, 15) is 9.18 Å². The molecule has 0 saturated heterocycles. The van der Waals surface area contributed by atoms with Gasteiger partial charge in [-0.05, 0) is 57.4 Å². The van der Waals surface area contributed by atoms with Crippen LogP contribution in [0.3, 0.4) is 0 Å². The van der Waals surface area contributed by atoms with E-state index in [1.165, 1.54) is 23.5 Å². The first-order valence-electron chi connectivity index (χ1n) is 8.23. The smallest absolute Gasteiger partial charge is 0.223 e. The molecule has 4 nitrogen and oxygen atoms in total. The molecule has 1 saturated carbocycles. The van der Waals surface area contributed by atoms with Crippen LogP contribution in [-0.4, -0.2) is 16.9 Å². The van der Waals surface area contributed by atoms with E-state index >= 15 is 0 Å². The second-order valence-corrected chi connectivity index (χ2v) is 7.51. The van der Waals surface area contributed by atoms with Crippen LogP contribution >= 0.6 is 11.3 Å². The number of rotatable bonds is 4. The highest BCUT2D eigenvalue weighted by molar-refractivity contribution is 7.15. The molecule has 2 aromatic rings. The summed E-state index contributed by atoms with van der Waals surface area (Å²) in [5.41, 5.74) is 7.68. The Bertz CT molecular complexity index is 728. The lowest BCUT2D eigenvalue weighted by Gasteiger charge is -2.16. The molecule has 6 heteroatoms. The maximum Gasteiger partial charge on any atom is 0.223 e. The number of hydrogen-bond acceptors (Lipinski definition) is 4. The van der Waals surface area contributed by atoms with Gasteiger partial charge in [0.1, 0.15) is 10.8 Å². The number of nitrogens with two attached hydrogens (primary N) is 1. The Kier molecular flexibility index (Phi) is 4.96. The Labute approximate surface area is 145 Å². The number of nitrogens with one attached hydrogen (secondary N) is 1. The molecule has 0 spiro atoms. The van der Waals surface area contributed by atoms with Gasteiger partial charge in [-0.1, -0.05) is 0 Å². The summed E-state index contributed by atoms with van der Waals surface area (Å²) < 4.78 is 13.1. The number of benzene rings is 1. The zero-order valence-corrected chi connectivity index (χ0v) is 14.7. The molecule has 0 aliphatic heterocycles. The first-order chi connectivity index (χ1) is 11.4. The van der Waals surface area contributed by atoms with Gasteiger partial charge >= 0.3 is 0 Å². The van der Waals surface area contributed by atoms with Crippen molar-refractivity contribution in [2.75, 3.05) is 0 Å². The quantitative estimate of drug-likeness (QED) is 0.888. The average Bonchev–Trinajstić information content (AvgIpc) is 3.14. The summed E-state index contributed by atoms with van der Waals surface area (Å²) in [7, 11) is 0. The SMILES string of the molecule is Cc1nc(-c2ccc(F)cc2)sc1C(C)NC(=O)C1CCC(N)C1. The largest absolute Gasteiger partial charge is 0.348 e. The van der Waals surface area contributed by atoms with Gasteiger partial charge in [-0.2, -0.15) is 0 Å². The average molecular weight is 347 g/mol. The predicted octanol–water partition coefficient (Wildman–Crippen LogP) is 3.56. The standard InChI is InChI=1S/C18H22FN3OS/c1-10(21-17(23)13-5-8-15(20)9-13)16-11(2)22-18(24-16)12-3-6-14(19)7-4-12/h3-4,6-7,10,13,15H,5,8-9,20H2,1-2H3,(H,21,23). The van der Waals surface area contributed by atoms with E-state index in [-0.39, 0.29) is 29.7 Å². The van der Waals surface area contributed by atoms with Gasteiger partial charge in [-0.15, -0.1) is 11.3 Å². The fourth-order valence-corrected chi connectivity index (χ4v) is 4.25. The van der Waals surface area contributed by atoms with Crippen molar-refractivity contribution < 1.29 is 9.18 Å². The fourth-order valence-electron chi connectivity index (χ4n) is 3.18. The number of carbonyl (C=O) groups is 1. The summed E-state index contributed by atoms with van der Waals surface area (Å²) >= 11 is 1.54. The molecule has 1 amide bonds. The molecular formula is C18H22FN3OS. The normalized spacial score (nSPS) is 21.7. The Balaban J connectivity index is 1.72. The number of halogens is 1. The van der Waals surface area contributed by atoms with Gasteiger partial charge < -0.3 is 11.1 Å². The molecule has 0 radical (unpaired) electrons. The van der Waals surface area contributed by atoms with Crippen LogP contribution in [0.25, 0.3) is 10.6 Å². The van der Waals surface area contributed by atoms with Gasteiger partial charge in [-0.3, -0.25) is 4.79 Å². The predicted molar refractivity (Wildman–Crippen MR) is 94.1 cm³/mol. The topological polar surface area (TPSA) is 68.0 Å². The van der Waals surface area contributed by atoms with E-state index in [0.29, 0.717) is 0 Å². The number of nitrogens with zero attached hydrogens (tertiary/aromatic N) is 1. The Morgan fingerprint density at radius 2 is 2.08 bits per heavy atom. The highest BCUT2D eigenvalue weighted by atomic mass is 32.1. The number of carbonyl (C=O) groups excluding carboxylic acids is 1. The minimum atomic E-state index is -0.261. The lowest BCUT2D eigenvalue weighted by molar-refractivity contribution is -0.125. The monoisotopic (exact) mass is 347 g/mol. The van der Waals surface area contributed by atoms with Crippen LogP contribution in [-0.2, 0) is 4.79 Å². The summed E-state index contributed by atoms with van der Waals surface area (Å²) in [4.78, 5) is 18.0. The molecule has 3 rings (SSSR count). The van der Waals surface area contributed by atoms with E-state index in [4.69, 9.17) is 5.73 Å². The number of thiazole rings is 1. The minimum Gasteiger partial charge on any atom is -0.348 e. The van der Waals surface area contributed by atoms with Crippen molar-refractivity contribution in [1.82, 2.24) is 10.3 Å². The molecule has 1 aliphatic rings. The van der Waals surface area contributed by atoms with Crippen LogP contribution in [0.4, 0.5) is 4.39 Å². The zero-order chi connectivity index (χ0) is 17.3. The van der Waals surface area contributed by atoms with Gasteiger partial charge in [0.2, 0.25) is 5.91 Å². The van der Waals surface area contributed by atoms with Crippen LogP contribution in [0.5, 0.6) is 0 Å². The maximum absolute atomic E-state index is 13.1. The second-order valence-electron chi connectivity index (χ2n) is 6.48. The number of aromatic nitrogens is 1. The maximum atomic E-state index is 13.1. The molecule has 3 unspecified atom stereocenters. The van der Waals surface area contributed by atoms with E-state index in [2.05, 4.69) is 10.3 Å². The zero-order valence-electron chi connectivity index (χ0n) is 13.9. The summed E-state index contributed by atoms with van der Waals surface area (Å²) in [5, 5.41) is 3.93. The minimum absolute atomic E-state index is 0.0206. The van der Waals surface area contributed by atoms with Crippen molar-refractivity contribution in [3.05, 3.63) is 40.7 Å². The highest BCUT2D eigenvalue weighted by Gasteiger charge is 2.29. The molecule has 1 aromatic carbocycles. The molecule has 3 N–H and O–H groups in total. The van der Waals surface area contributed by atoms with Crippen LogP contribution < -0.4 is 11.1 Å². The van der Waals surface area contributed by atoms with Crippen molar-refractivity contribution >= 4 is 17.2 Å². The number of amides is 1. The van der Waals surface area contributed by atoms with Gasteiger partial charge in [0.15, 0.2) is 0 Å². The highest BCUT2D eigenvalue weighted by Crippen LogP contribution is 2.32. The van der Waals surface area contributed by atoms with Gasteiger partial charge in [0.05, 0.1) is 16.6 Å². The molecule has 3 atom stereocenters. The van der Waals surface area contributed by atoms with Gasteiger partial charge in [0, 0.05) is 17.5 Å². The first kappa shape index (κ1) is 17.0. The van der Waals surface area contributed by atoms with Crippen LogP contribution in [0, 0.1) is 18.7 Å². The summed E-state index contributed by atoms with van der Waals surface area (Å²) in [6, 6.07) is 6.36. The molecule has 1 aliphatic carbocycles. The number of aryl methyl sites for hydroxylation is 1. The van der Waals surface area contributed by atoms with Crippen molar-refractivity contribution in [3.8, 4) is 10.6 Å². The van der Waals surface area contributed by atoms with E-state index in [1.807, 2.05) is 13.8 Å². The lowest BCUT2D eigenvalue weighted by atomic mass is 10.1. The second kappa shape index (κ2) is 6.99. The van der Waals surface area contributed by atoms with Gasteiger partial charge in [-0.25, -0.2) is 9.37 Å². The Morgan fingerprint density at radius 1 is 1.38 bits per heavy atom. The van der Waals surface area contributed by atoms with E-state index in [0.717, 1.165) is 40.4 Å². The van der Waals surface area contributed by atoms with Crippen molar-refractivity contribution in [2.24, 2.45) is 11.7 Å². The summed E-state index contributed by atoms with van der Waals surface area (Å²) in [6.45, 7) is 3.91. The van der Waals surface area contributed by atoms with Crippen LogP contribution in [0.2, 0.25) is 0 Å². The van der Waals surface area contributed by atoms with Gasteiger partial charge in [0.25, 0.3) is 0 Å². The van der Waals surface area contributed by atoms with Crippen LogP contribution in [0.15, 0.2) is 24.3 Å². The molecule has 1 aromatic heterocycles. The van der Waals surface area contributed by atoms with Crippen LogP contribution in [0.1, 0.15) is 42.8 Å². The Hall–Kier alpha value is -1.79. The third-order valence-electron chi connectivity index (χ3n) is 4.52.